The Balaban J connectivity index is 1.76. The second-order valence-electron chi connectivity index (χ2n) is 8.92. The van der Waals surface area contributed by atoms with Crippen LogP contribution in [-0.2, 0) is 19.9 Å². The molecule has 11 nitrogen and oxygen atoms in total. The fourth-order valence-electron chi connectivity index (χ4n) is 5.65. The van der Waals surface area contributed by atoms with Gasteiger partial charge in [-0.1, -0.05) is 0 Å². The molecule has 1 aromatic rings. The summed E-state index contributed by atoms with van der Waals surface area (Å²) < 4.78 is 11.1. The number of benzene rings is 1. The zero-order valence-corrected chi connectivity index (χ0v) is 17.6. The first-order chi connectivity index (χ1) is 15.4. The van der Waals surface area contributed by atoms with Crippen LogP contribution in [0.1, 0.15) is 64.6 Å². The third-order valence-corrected chi connectivity index (χ3v) is 7.18. The van der Waals surface area contributed by atoms with E-state index in [4.69, 9.17) is 14.6 Å². The zero-order chi connectivity index (χ0) is 24.1. The lowest BCUT2D eigenvalue weighted by molar-refractivity contribution is -0.246. The second kappa shape index (κ2) is 6.84. The molecule has 5 aliphatic rings. The van der Waals surface area contributed by atoms with Crippen molar-refractivity contribution in [3.05, 3.63) is 33.4 Å². The molecule has 2 bridgehead atoms. The van der Waals surface area contributed by atoms with Crippen LogP contribution in [0, 0.1) is 0 Å². The number of ether oxygens (including phenoxy) is 2. The maximum absolute atomic E-state index is 13.5. The summed E-state index contributed by atoms with van der Waals surface area (Å²) in [5, 5.41) is 63.7. The highest BCUT2D eigenvalue weighted by molar-refractivity contribution is 6.30. The number of phenolic OH excluding ortho intramolecular Hbond substituents is 2. The summed E-state index contributed by atoms with van der Waals surface area (Å²) in [6, 6.07) is 0. The molecule has 2 aliphatic carbocycles. The standard InChI is InChI=1S/C22H22O11/c1-5-11-13(17(26)8(32-5)4-10(24)25)20(29)14-15(18(11)27)21(30)16-12(19(14)28)7-3-9(23)22(16,31)6(2)33-7/h5-9,17,23,26,28,30-31H,3-4H2,1-2H3,(H,24,25)/t5-,6-,7-,8-,9-,17-,22+/m0/s1. The van der Waals surface area contributed by atoms with Crippen LogP contribution in [0.3, 0.4) is 0 Å². The van der Waals surface area contributed by atoms with Crippen LogP contribution >= 0.6 is 0 Å². The van der Waals surface area contributed by atoms with Crippen LogP contribution in [-0.4, -0.2) is 78.7 Å². The highest BCUT2D eigenvalue weighted by Crippen LogP contribution is 2.59. The number of carbonyl (C=O) groups excluding carboxylic acids is 2. The van der Waals surface area contributed by atoms with E-state index in [-0.39, 0.29) is 23.1 Å². The van der Waals surface area contributed by atoms with Gasteiger partial charge in [-0.3, -0.25) is 14.4 Å². The van der Waals surface area contributed by atoms with Gasteiger partial charge in [0.05, 0.1) is 48.1 Å². The molecule has 6 rings (SSSR count). The van der Waals surface area contributed by atoms with E-state index < -0.39 is 94.4 Å². The molecule has 0 radical (unpaired) electrons. The Bertz CT molecular complexity index is 1150. The predicted molar refractivity (Wildman–Crippen MR) is 106 cm³/mol. The van der Waals surface area contributed by atoms with E-state index in [2.05, 4.69) is 0 Å². The molecule has 3 heterocycles. The minimum atomic E-state index is -2.14. The molecular formula is C22H22O11. The smallest absolute Gasteiger partial charge is 0.306 e. The summed E-state index contributed by atoms with van der Waals surface area (Å²) >= 11 is 0. The Morgan fingerprint density at radius 1 is 1.03 bits per heavy atom. The molecule has 6 N–H and O–H groups in total. The number of phenols is 2. The van der Waals surface area contributed by atoms with Crippen LogP contribution in [0.5, 0.6) is 11.5 Å². The number of aliphatic hydroxyl groups is 3. The van der Waals surface area contributed by atoms with E-state index in [0.29, 0.717) is 0 Å². The van der Waals surface area contributed by atoms with Gasteiger partial charge in [-0.05, 0) is 13.8 Å². The van der Waals surface area contributed by atoms with Crippen molar-refractivity contribution in [2.75, 3.05) is 0 Å². The largest absolute Gasteiger partial charge is 0.507 e. The molecule has 1 fully saturated rings. The fourth-order valence-corrected chi connectivity index (χ4v) is 5.65. The van der Waals surface area contributed by atoms with Crippen molar-refractivity contribution in [1.82, 2.24) is 0 Å². The maximum Gasteiger partial charge on any atom is 0.306 e. The molecule has 0 aromatic heterocycles. The highest BCUT2D eigenvalue weighted by Gasteiger charge is 2.60. The van der Waals surface area contributed by atoms with Crippen molar-refractivity contribution in [2.45, 2.75) is 68.9 Å². The number of ketones is 2. The van der Waals surface area contributed by atoms with Crippen molar-refractivity contribution >= 4 is 17.5 Å². The molecule has 0 unspecified atom stereocenters. The Hall–Kier alpha value is -2.83. The first-order valence-corrected chi connectivity index (χ1v) is 10.5. The number of rotatable bonds is 2. The van der Waals surface area contributed by atoms with E-state index in [1.807, 2.05) is 0 Å². The number of hydrogen-bond donors (Lipinski definition) is 6. The first kappa shape index (κ1) is 22.0. The monoisotopic (exact) mass is 462 g/mol. The van der Waals surface area contributed by atoms with Crippen LogP contribution in [0.15, 0.2) is 11.1 Å². The number of hydrogen-bond acceptors (Lipinski definition) is 10. The van der Waals surface area contributed by atoms with E-state index in [1.165, 1.54) is 13.8 Å². The molecular weight excluding hydrogens is 440 g/mol. The van der Waals surface area contributed by atoms with Crippen molar-refractivity contribution in [1.29, 1.82) is 0 Å². The molecule has 7 atom stereocenters. The Labute approximate surface area is 186 Å². The summed E-state index contributed by atoms with van der Waals surface area (Å²) in [6.07, 6.45) is -8.22. The van der Waals surface area contributed by atoms with Crippen molar-refractivity contribution in [3.63, 3.8) is 0 Å². The number of carbonyl (C=O) groups is 3. The number of carboxylic acids is 1. The van der Waals surface area contributed by atoms with Crippen molar-refractivity contribution in [2.24, 2.45) is 0 Å². The molecule has 0 spiro atoms. The zero-order valence-electron chi connectivity index (χ0n) is 17.6. The van der Waals surface area contributed by atoms with Gasteiger partial charge in [0.2, 0.25) is 0 Å². The summed E-state index contributed by atoms with van der Waals surface area (Å²) in [5.41, 5.74) is -4.34. The Morgan fingerprint density at radius 3 is 2.24 bits per heavy atom. The van der Waals surface area contributed by atoms with Gasteiger partial charge in [0, 0.05) is 28.7 Å². The van der Waals surface area contributed by atoms with Gasteiger partial charge in [-0.25, -0.2) is 0 Å². The number of aliphatic carboxylic acids is 1. The number of fused-ring (bicyclic) bond motifs is 3. The normalized spacial score (nSPS) is 37.0. The Morgan fingerprint density at radius 2 is 1.64 bits per heavy atom. The van der Waals surface area contributed by atoms with E-state index in [1.54, 1.807) is 0 Å². The fraction of sp³-hybridized carbons (Fsp3) is 0.500. The predicted octanol–water partition coefficient (Wildman–Crippen LogP) is -0.192. The van der Waals surface area contributed by atoms with Crippen molar-refractivity contribution < 1.29 is 54.5 Å². The van der Waals surface area contributed by atoms with Crippen LogP contribution < -0.4 is 0 Å². The Kier molecular flexibility index (Phi) is 4.56. The molecule has 0 saturated carbocycles. The topological polar surface area (TPSA) is 191 Å². The number of carboxylic acid groups (broad SMARTS) is 1. The molecule has 11 heteroatoms. The van der Waals surface area contributed by atoms with Gasteiger partial charge in [0.15, 0.2) is 11.6 Å². The van der Waals surface area contributed by atoms with Gasteiger partial charge >= 0.3 is 5.97 Å². The quantitative estimate of drug-likeness (QED) is 0.319. The van der Waals surface area contributed by atoms with Crippen LogP contribution in [0.2, 0.25) is 0 Å². The lowest BCUT2D eigenvalue weighted by atomic mass is 9.66. The minimum Gasteiger partial charge on any atom is -0.507 e. The lowest BCUT2D eigenvalue weighted by Crippen LogP contribution is -2.58. The second-order valence-corrected chi connectivity index (χ2v) is 8.92. The number of aliphatic hydroxyl groups excluding tert-OH is 2. The third-order valence-electron chi connectivity index (χ3n) is 7.18. The summed E-state index contributed by atoms with van der Waals surface area (Å²) in [4.78, 5) is 38.1. The highest BCUT2D eigenvalue weighted by atomic mass is 16.5. The molecule has 176 valence electrons. The van der Waals surface area contributed by atoms with Gasteiger partial charge in [0.25, 0.3) is 0 Å². The third kappa shape index (κ3) is 2.59. The van der Waals surface area contributed by atoms with Crippen LogP contribution in [0.4, 0.5) is 0 Å². The first-order valence-electron chi connectivity index (χ1n) is 10.5. The van der Waals surface area contributed by atoms with E-state index in [9.17, 15) is 39.9 Å². The van der Waals surface area contributed by atoms with Gasteiger partial charge in [-0.15, -0.1) is 0 Å². The number of Topliss-reactive ketones (excluding diaryl/α,β-unsaturated/α-hetero) is 2. The average molecular weight is 462 g/mol. The summed E-state index contributed by atoms with van der Waals surface area (Å²) in [6.45, 7) is 2.87. The van der Waals surface area contributed by atoms with Crippen molar-refractivity contribution in [3.8, 4) is 11.5 Å². The molecule has 0 amide bonds. The molecule has 33 heavy (non-hydrogen) atoms. The average Bonchev–Trinajstić information content (AvgIpc) is 2.72. The molecule has 1 aromatic carbocycles. The summed E-state index contributed by atoms with van der Waals surface area (Å²) in [7, 11) is 0. The van der Waals surface area contributed by atoms with Gasteiger partial charge < -0.3 is 40.1 Å². The van der Waals surface area contributed by atoms with E-state index in [0.717, 1.165) is 0 Å². The maximum atomic E-state index is 13.5. The lowest BCUT2D eigenvalue weighted by Gasteiger charge is -2.52. The molecule has 3 aliphatic heterocycles. The van der Waals surface area contributed by atoms with Crippen LogP contribution in [0.25, 0.3) is 0 Å². The minimum absolute atomic E-state index is 0.112. The van der Waals surface area contributed by atoms with E-state index >= 15 is 0 Å². The molecule has 1 saturated heterocycles. The summed E-state index contributed by atoms with van der Waals surface area (Å²) in [5.74, 6) is -4.63. The van der Waals surface area contributed by atoms with Gasteiger partial charge in [-0.2, -0.15) is 0 Å². The van der Waals surface area contributed by atoms with Gasteiger partial charge in [0.1, 0.15) is 23.2 Å². The SMILES string of the molecule is C[C@@H]1O[C@@H](CC(=O)O)[C@H](O)C2=C1C(=O)c1c(O)c3c(c(O)c1C2=O)[C@@H]1C[C@H](O)[C@]3(O)[C@H](C)O1. The number of aromatic hydroxyl groups is 2.